The molecule has 1 saturated heterocycles. The van der Waals surface area contributed by atoms with Crippen molar-refractivity contribution >= 4 is 29.9 Å². The first kappa shape index (κ1) is 24.4. The maximum Gasteiger partial charge on any atom is 0.403 e. The van der Waals surface area contributed by atoms with E-state index in [9.17, 15) is 13.2 Å². The second-order valence-corrected chi connectivity index (χ2v) is 6.99. The van der Waals surface area contributed by atoms with Gasteiger partial charge >= 0.3 is 6.18 Å². The van der Waals surface area contributed by atoms with Crippen molar-refractivity contribution in [3.05, 3.63) is 48.3 Å². The van der Waals surface area contributed by atoms with Crippen LogP contribution >= 0.6 is 24.0 Å². The number of nitrogens with zero attached hydrogens (tertiary/aromatic N) is 5. The van der Waals surface area contributed by atoms with E-state index in [1.807, 2.05) is 48.4 Å². The number of aliphatic imine (C=N–C) groups is 1. The lowest BCUT2D eigenvalue weighted by atomic mass is 10.2. The Morgan fingerprint density at radius 1 is 1.17 bits per heavy atom. The molecule has 0 spiro atoms. The van der Waals surface area contributed by atoms with Crippen LogP contribution in [0.25, 0.3) is 5.69 Å². The summed E-state index contributed by atoms with van der Waals surface area (Å²) in [5, 5.41) is 7.55. The smallest absolute Gasteiger partial charge is 0.357 e. The summed E-state index contributed by atoms with van der Waals surface area (Å²) in [7, 11) is 0. The number of alkyl halides is 3. The third kappa shape index (κ3) is 6.10. The predicted octanol–water partition coefficient (Wildman–Crippen LogP) is 3.52. The number of halogens is 4. The lowest BCUT2D eigenvalue weighted by Crippen LogP contribution is -2.56. The molecule has 1 N–H and O–H groups in total. The van der Waals surface area contributed by atoms with Crippen LogP contribution < -0.4 is 5.32 Å². The van der Waals surface area contributed by atoms with Gasteiger partial charge in [-0.2, -0.15) is 18.3 Å². The maximum absolute atomic E-state index is 13.0. The molecular formula is C20H28F3IN6. The van der Waals surface area contributed by atoms with Gasteiger partial charge in [-0.3, -0.25) is 4.90 Å². The summed E-state index contributed by atoms with van der Waals surface area (Å²) in [5.74, 6) is 0.724. The number of piperazine rings is 1. The zero-order valence-electron chi connectivity index (χ0n) is 17.1. The molecule has 1 aliphatic rings. The van der Waals surface area contributed by atoms with Crippen LogP contribution in [0.4, 0.5) is 13.2 Å². The highest BCUT2D eigenvalue weighted by molar-refractivity contribution is 14.0. The summed E-state index contributed by atoms with van der Waals surface area (Å²) >= 11 is 0. The Kier molecular flexibility index (Phi) is 8.95. The molecule has 2 aromatic rings. The number of hydrogen-bond donors (Lipinski definition) is 1. The molecule has 1 aromatic heterocycles. The molecule has 10 heteroatoms. The zero-order valence-corrected chi connectivity index (χ0v) is 19.5. The number of para-hydroxylation sites is 1. The van der Waals surface area contributed by atoms with Gasteiger partial charge < -0.3 is 10.2 Å². The summed E-state index contributed by atoms with van der Waals surface area (Å²) in [5.41, 5.74) is 1.98. The number of guanidine groups is 1. The van der Waals surface area contributed by atoms with Gasteiger partial charge in [0, 0.05) is 45.1 Å². The Balaban J connectivity index is 0.00000320. The number of benzene rings is 1. The van der Waals surface area contributed by atoms with Crippen LogP contribution in [0.1, 0.15) is 19.4 Å². The predicted molar refractivity (Wildman–Crippen MR) is 122 cm³/mol. The SMILES string of the molecule is CCNC(=NCc1ccccc1-n1cccn1)N1CCN(C(C)C(F)(F)F)CC1.I. The second kappa shape index (κ2) is 11.0. The molecule has 0 radical (unpaired) electrons. The molecule has 30 heavy (non-hydrogen) atoms. The molecular weight excluding hydrogens is 508 g/mol. The Morgan fingerprint density at radius 3 is 2.47 bits per heavy atom. The maximum atomic E-state index is 13.0. The Bertz CT molecular complexity index is 801. The molecule has 166 valence electrons. The first-order chi connectivity index (χ1) is 13.9. The summed E-state index contributed by atoms with van der Waals surface area (Å²) in [6, 6.07) is 8.35. The van der Waals surface area contributed by atoms with E-state index in [4.69, 9.17) is 4.99 Å². The minimum Gasteiger partial charge on any atom is -0.357 e. The van der Waals surface area contributed by atoms with E-state index in [-0.39, 0.29) is 24.0 Å². The molecule has 1 aromatic carbocycles. The molecule has 1 atom stereocenters. The van der Waals surface area contributed by atoms with Gasteiger partial charge in [-0.15, -0.1) is 24.0 Å². The summed E-state index contributed by atoms with van der Waals surface area (Å²) in [4.78, 5) is 8.25. The van der Waals surface area contributed by atoms with E-state index in [0.717, 1.165) is 17.2 Å². The van der Waals surface area contributed by atoms with Crippen molar-refractivity contribution < 1.29 is 13.2 Å². The fraction of sp³-hybridized carbons (Fsp3) is 0.500. The van der Waals surface area contributed by atoms with E-state index in [0.29, 0.717) is 39.3 Å². The van der Waals surface area contributed by atoms with Crippen molar-refractivity contribution in [1.82, 2.24) is 24.9 Å². The highest BCUT2D eigenvalue weighted by Crippen LogP contribution is 2.25. The molecule has 1 aliphatic heterocycles. The summed E-state index contributed by atoms with van der Waals surface area (Å²) < 4.78 is 40.7. The Hall–Kier alpha value is -1.82. The lowest BCUT2D eigenvalue weighted by molar-refractivity contribution is -0.181. The van der Waals surface area contributed by atoms with Crippen LogP contribution in [0.5, 0.6) is 0 Å². The average molecular weight is 536 g/mol. The molecule has 1 unspecified atom stereocenters. The second-order valence-electron chi connectivity index (χ2n) is 6.99. The van der Waals surface area contributed by atoms with Crippen LogP contribution in [0.3, 0.4) is 0 Å². The van der Waals surface area contributed by atoms with Crippen LogP contribution in [0.15, 0.2) is 47.7 Å². The molecule has 3 rings (SSSR count). The standard InChI is InChI=1S/C20H27F3N6.HI/c1-3-24-19(28-13-11-27(12-14-28)16(2)20(21,22)23)25-15-17-7-4-5-8-18(17)29-10-6-9-26-29;/h4-10,16H,3,11-15H2,1-2H3,(H,24,25);1H. The molecule has 1 fully saturated rings. The number of rotatable bonds is 5. The van der Waals surface area contributed by atoms with Gasteiger partial charge in [-0.25, -0.2) is 9.67 Å². The number of nitrogens with one attached hydrogen (secondary N) is 1. The fourth-order valence-electron chi connectivity index (χ4n) is 3.39. The molecule has 6 nitrogen and oxygen atoms in total. The van der Waals surface area contributed by atoms with Crippen LogP contribution in [-0.2, 0) is 6.54 Å². The number of hydrogen-bond acceptors (Lipinski definition) is 3. The van der Waals surface area contributed by atoms with Gasteiger partial charge in [0.2, 0.25) is 0 Å². The van der Waals surface area contributed by atoms with Gasteiger partial charge in [0.05, 0.1) is 12.2 Å². The van der Waals surface area contributed by atoms with Crippen molar-refractivity contribution in [2.45, 2.75) is 32.6 Å². The Labute approximate surface area is 192 Å². The number of aromatic nitrogens is 2. The molecule has 2 heterocycles. The van der Waals surface area contributed by atoms with Crippen molar-refractivity contribution in [2.24, 2.45) is 4.99 Å². The fourth-order valence-corrected chi connectivity index (χ4v) is 3.39. The van der Waals surface area contributed by atoms with Crippen molar-refractivity contribution in [2.75, 3.05) is 32.7 Å². The molecule has 0 saturated carbocycles. The highest BCUT2D eigenvalue weighted by Gasteiger charge is 2.41. The largest absolute Gasteiger partial charge is 0.403 e. The molecule has 0 bridgehead atoms. The zero-order chi connectivity index (χ0) is 20.9. The van der Waals surface area contributed by atoms with E-state index < -0.39 is 12.2 Å². The van der Waals surface area contributed by atoms with E-state index in [1.54, 1.807) is 10.9 Å². The third-order valence-electron chi connectivity index (χ3n) is 5.11. The normalized spacial score (nSPS) is 16.8. The molecule has 0 amide bonds. The van der Waals surface area contributed by atoms with Gasteiger partial charge in [-0.1, -0.05) is 18.2 Å². The topological polar surface area (TPSA) is 48.7 Å². The quantitative estimate of drug-likeness (QED) is 0.361. The monoisotopic (exact) mass is 536 g/mol. The van der Waals surface area contributed by atoms with E-state index >= 15 is 0 Å². The minimum atomic E-state index is -4.20. The van der Waals surface area contributed by atoms with Gasteiger partial charge in [-0.05, 0) is 31.5 Å². The van der Waals surface area contributed by atoms with Gasteiger partial charge in [0.1, 0.15) is 6.04 Å². The van der Waals surface area contributed by atoms with Crippen molar-refractivity contribution in [3.63, 3.8) is 0 Å². The van der Waals surface area contributed by atoms with Crippen LogP contribution in [-0.4, -0.2) is 70.5 Å². The first-order valence-electron chi connectivity index (χ1n) is 9.82. The van der Waals surface area contributed by atoms with Crippen LogP contribution in [0, 0.1) is 0 Å². The molecule has 0 aliphatic carbocycles. The summed E-state index contributed by atoms with van der Waals surface area (Å²) in [6.45, 7) is 6.08. The lowest BCUT2D eigenvalue weighted by Gasteiger charge is -2.39. The third-order valence-corrected chi connectivity index (χ3v) is 5.11. The van der Waals surface area contributed by atoms with Crippen LogP contribution in [0.2, 0.25) is 0 Å². The van der Waals surface area contributed by atoms with Crippen molar-refractivity contribution in [3.8, 4) is 5.69 Å². The minimum absolute atomic E-state index is 0. The first-order valence-corrected chi connectivity index (χ1v) is 9.82. The van der Waals surface area contributed by atoms with Gasteiger partial charge in [0.25, 0.3) is 0 Å². The summed E-state index contributed by atoms with van der Waals surface area (Å²) in [6.07, 6.45) is -0.586. The Morgan fingerprint density at radius 2 is 1.87 bits per heavy atom. The van der Waals surface area contributed by atoms with Crippen molar-refractivity contribution in [1.29, 1.82) is 0 Å². The highest BCUT2D eigenvalue weighted by atomic mass is 127. The van der Waals surface area contributed by atoms with Gasteiger partial charge in [0.15, 0.2) is 5.96 Å². The average Bonchev–Trinajstić information content (AvgIpc) is 3.25. The van der Waals surface area contributed by atoms with E-state index in [1.165, 1.54) is 11.8 Å². The van der Waals surface area contributed by atoms with E-state index in [2.05, 4.69) is 10.4 Å².